The fourth-order valence-corrected chi connectivity index (χ4v) is 1.92. The van der Waals surface area contributed by atoms with Crippen LogP contribution in [0.1, 0.15) is 24.2 Å². The molecular weight excluding hydrogens is 297 g/mol. The number of carbonyl (C=O) groups is 1. The van der Waals surface area contributed by atoms with Gasteiger partial charge in [-0.15, -0.1) is 0 Å². The number of hydrogen-bond acceptors (Lipinski definition) is 4. The number of carbonyl (C=O) groups excluding carboxylic acids is 1. The van der Waals surface area contributed by atoms with Crippen molar-refractivity contribution >= 4 is 5.91 Å². The Morgan fingerprint density at radius 1 is 1.36 bits per heavy atom. The quantitative estimate of drug-likeness (QED) is 0.773. The van der Waals surface area contributed by atoms with Crippen LogP contribution in [0.5, 0.6) is 0 Å². The second kappa shape index (κ2) is 8.09. The van der Waals surface area contributed by atoms with E-state index in [1.54, 1.807) is 0 Å². The van der Waals surface area contributed by atoms with Crippen LogP contribution < -0.4 is 10.6 Å². The van der Waals surface area contributed by atoms with Crippen molar-refractivity contribution in [2.24, 2.45) is 0 Å². The third-order valence-corrected chi connectivity index (χ3v) is 3.45. The van der Waals surface area contributed by atoms with Crippen molar-refractivity contribution in [2.45, 2.75) is 32.2 Å². The van der Waals surface area contributed by atoms with Crippen LogP contribution in [0.4, 0.5) is 13.2 Å². The van der Waals surface area contributed by atoms with E-state index in [4.69, 9.17) is 0 Å². The molecule has 1 fully saturated rings. The van der Waals surface area contributed by atoms with Gasteiger partial charge in [-0.05, 0) is 33.0 Å². The van der Waals surface area contributed by atoms with Gasteiger partial charge in [-0.1, -0.05) is 0 Å². The van der Waals surface area contributed by atoms with E-state index in [0.29, 0.717) is 12.1 Å². The molecule has 2 heterocycles. The molecule has 0 aliphatic carbocycles. The molecule has 2 unspecified atom stereocenters. The smallest absolute Gasteiger partial charge is 0.314 e. The highest BCUT2D eigenvalue weighted by Gasteiger charge is 2.30. The van der Waals surface area contributed by atoms with Crippen molar-refractivity contribution in [3.63, 3.8) is 0 Å². The van der Waals surface area contributed by atoms with E-state index in [1.165, 1.54) is 18.3 Å². The molecule has 8 heteroatoms. The highest BCUT2D eigenvalue weighted by molar-refractivity contribution is 5.93. The monoisotopic (exact) mass is 318 g/mol. The lowest BCUT2D eigenvalue weighted by atomic mass is 10.1. The van der Waals surface area contributed by atoms with Crippen LogP contribution in [0.2, 0.25) is 0 Å². The minimum absolute atomic E-state index is 0.125. The molecule has 22 heavy (non-hydrogen) atoms. The number of likely N-dealkylation sites (N-methyl/N-ethyl adjacent to an activating group) is 1. The Morgan fingerprint density at radius 2 is 1.95 bits per heavy atom. The van der Waals surface area contributed by atoms with Crippen LogP contribution in [0.15, 0.2) is 24.5 Å². The summed E-state index contributed by atoms with van der Waals surface area (Å²) in [5, 5.41) is 4.23. The second-order valence-corrected chi connectivity index (χ2v) is 5.22. The number of amides is 1. The Balaban J connectivity index is 0.000000235. The maximum atomic E-state index is 11.6. The van der Waals surface area contributed by atoms with Crippen molar-refractivity contribution in [3.8, 4) is 0 Å². The first kappa shape index (κ1) is 18.4. The molecule has 1 aromatic rings. The molecule has 0 aromatic carbocycles. The summed E-state index contributed by atoms with van der Waals surface area (Å²) in [4.78, 5) is 16.7. The topological polar surface area (TPSA) is 57.3 Å². The summed E-state index contributed by atoms with van der Waals surface area (Å²) in [6, 6.07) is 4.03. The number of pyridine rings is 1. The summed E-state index contributed by atoms with van der Waals surface area (Å²) in [5.41, 5.74) is -0.125. The molecule has 1 aromatic heterocycles. The van der Waals surface area contributed by atoms with Gasteiger partial charge in [0, 0.05) is 37.6 Å². The Morgan fingerprint density at radius 3 is 2.36 bits per heavy atom. The first-order chi connectivity index (χ1) is 10.2. The number of hydrogen-bond donors (Lipinski definition) is 2. The van der Waals surface area contributed by atoms with Gasteiger partial charge < -0.3 is 5.32 Å². The van der Waals surface area contributed by atoms with Crippen LogP contribution in [-0.4, -0.2) is 54.3 Å². The van der Waals surface area contributed by atoms with E-state index in [-0.39, 0.29) is 5.56 Å². The van der Waals surface area contributed by atoms with E-state index < -0.39 is 12.2 Å². The Hall–Kier alpha value is -1.67. The average Bonchev–Trinajstić information content (AvgIpc) is 2.44. The molecule has 1 aliphatic rings. The number of halogens is 3. The first-order valence-electron chi connectivity index (χ1n) is 6.92. The maximum absolute atomic E-state index is 11.6. The number of nitrogens with zero attached hydrogens (tertiary/aromatic N) is 2. The third kappa shape index (κ3) is 6.40. The van der Waals surface area contributed by atoms with Gasteiger partial charge in [0.2, 0.25) is 0 Å². The van der Waals surface area contributed by atoms with Gasteiger partial charge in [0.05, 0.1) is 5.56 Å². The Labute approximate surface area is 127 Å². The van der Waals surface area contributed by atoms with Crippen LogP contribution in [-0.2, 0) is 0 Å². The molecule has 124 valence electrons. The number of alkyl halides is 3. The molecule has 1 saturated heterocycles. The van der Waals surface area contributed by atoms with Crippen molar-refractivity contribution in [1.82, 2.24) is 20.5 Å². The number of piperazine rings is 1. The summed E-state index contributed by atoms with van der Waals surface area (Å²) >= 11 is 0. The average molecular weight is 318 g/mol. The fraction of sp³-hybridized carbons (Fsp3) is 0.571. The van der Waals surface area contributed by atoms with E-state index >= 15 is 0 Å². The van der Waals surface area contributed by atoms with Gasteiger partial charge in [-0.25, -0.2) is 0 Å². The molecule has 0 saturated carbocycles. The predicted octanol–water partition coefficient (Wildman–Crippen LogP) is 1.63. The van der Waals surface area contributed by atoms with Gasteiger partial charge in [0.15, 0.2) is 0 Å². The highest BCUT2D eigenvalue weighted by Crippen LogP contribution is 2.10. The van der Waals surface area contributed by atoms with Crippen LogP contribution in [0.3, 0.4) is 0 Å². The van der Waals surface area contributed by atoms with Gasteiger partial charge >= 0.3 is 6.30 Å². The van der Waals surface area contributed by atoms with Crippen molar-refractivity contribution in [2.75, 3.05) is 20.1 Å². The lowest BCUT2D eigenvalue weighted by Gasteiger charge is -2.36. The van der Waals surface area contributed by atoms with Crippen molar-refractivity contribution < 1.29 is 18.0 Å². The van der Waals surface area contributed by atoms with E-state index in [0.717, 1.165) is 24.6 Å². The molecule has 0 bridgehead atoms. The minimum Gasteiger partial charge on any atom is -0.314 e. The molecule has 2 N–H and O–H groups in total. The largest absolute Gasteiger partial charge is 0.484 e. The summed E-state index contributed by atoms with van der Waals surface area (Å²) < 4.78 is 34.9. The van der Waals surface area contributed by atoms with Crippen LogP contribution in [0, 0.1) is 0 Å². The number of rotatable bonds is 1. The normalized spacial score (nSPS) is 22.5. The highest BCUT2D eigenvalue weighted by atomic mass is 19.4. The molecule has 1 aliphatic heterocycles. The molecule has 5 nitrogen and oxygen atoms in total. The predicted molar refractivity (Wildman–Crippen MR) is 77.3 cm³/mol. The first-order valence-corrected chi connectivity index (χ1v) is 6.92. The zero-order valence-corrected chi connectivity index (χ0v) is 12.8. The molecule has 2 atom stereocenters. The molecule has 0 spiro atoms. The van der Waals surface area contributed by atoms with Gasteiger partial charge in [-0.3, -0.25) is 20.0 Å². The van der Waals surface area contributed by atoms with Crippen LogP contribution >= 0.6 is 0 Å². The Kier molecular flexibility index (Phi) is 6.76. The summed E-state index contributed by atoms with van der Waals surface area (Å²) in [6.45, 7) is 6.78. The van der Waals surface area contributed by atoms with Gasteiger partial charge in [0.25, 0.3) is 5.91 Å². The molecular formula is C14H21F3N4O. The van der Waals surface area contributed by atoms with Crippen LogP contribution in [0.25, 0.3) is 0 Å². The van der Waals surface area contributed by atoms with E-state index in [9.17, 15) is 18.0 Å². The van der Waals surface area contributed by atoms with Gasteiger partial charge in [-0.2, -0.15) is 13.2 Å². The molecule has 1 amide bonds. The summed E-state index contributed by atoms with van der Waals surface area (Å²) in [7, 11) is 2.19. The zero-order valence-electron chi connectivity index (χ0n) is 12.8. The number of nitrogens with one attached hydrogen (secondary N) is 2. The summed E-state index contributed by atoms with van der Waals surface area (Å²) in [6.07, 6.45) is -2.28. The third-order valence-electron chi connectivity index (χ3n) is 3.45. The fourth-order valence-electron chi connectivity index (χ4n) is 1.92. The minimum atomic E-state index is -4.70. The lowest BCUT2D eigenvalue weighted by molar-refractivity contribution is -0.146. The molecule has 0 radical (unpaired) electrons. The maximum Gasteiger partial charge on any atom is 0.484 e. The lowest BCUT2D eigenvalue weighted by Crippen LogP contribution is -2.52. The molecule has 2 rings (SSSR count). The number of aromatic nitrogens is 1. The van der Waals surface area contributed by atoms with Crippen molar-refractivity contribution in [3.05, 3.63) is 30.1 Å². The van der Waals surface area contributed by atoms with Gasteiger partial charge in [0.1, 0.15) is 0 Å². The zero-order chi connectivity index (χ0) is 16.8. The second-order valence-electron chi connectivity index (χ2n) is 5.22. The summed E-state index contributed by atoms with van der Waals surface area (Å²) in [5.74, 6) is -1.21. The standard InChI is InChI=1S/C7H5F3N2O.C7H16N2/c8-7(9,10)12-6(13)5-2-1-3-11-4-5;1-6-4-8-5-7(2)9(6)3/h1-4H,(H,12,13);6-8H,4-5H2,1-3H3. The van der Waals surface area contributed by atoms with E-state index in [1.807, 2.05) is 0 Å². The Bertz CT molecular complexity index is 457. The van der Waals surface area contributed by atoms with E-state index in [2.05, 4.69) is 36.1 Å². The van der Waals surface area contributed by atoms with Crippen molar-refractivity contribution in [1.29, 1.82) is 0 Å². The SMILES string of the molecule is CC1CNCC(C)N1C.O=C(NC(F)(F)F)c1cccnc1.